The molecule has 0 aromatic carbocycles. The van der Waals surface area contributed by atoms with E-state index in [4.69, 9.17) is 37.0 Å². The summed E-state index contributed by atoms with van der Waals surface area (Å²) in [6, 6.07) is 0. The molecule has 0 aromatic rings. The summed E-state index contributed by atoms with van der Waals surface area (Å²) in [6.45, 7) is 11.7. The van der Waals surface area contributed by atoms with Crippen LogP contribution in [0.4, 0.5) is 0 Å². The Kier molecular flexibility index (Phi) is 59.7. The summed E-state index contributed by atoms with van der Waals surface area (Å²) in [5.74, 6) is 0.0865. The van der Waals surface area contributed by atoms with Gasteiger partial charge in [-0.15, -0.1) is 0 Å². The number of hydrogen-bond donors (Lipinski definition) is 3. The predicted octanol–water partition coefficient (Wildman–Crippen LogP) is 19.8. The summed E-state index contributed by atoms with van der Waals surface area (Å²) in [6.07, 6.45) is 48.0. The van der Waals surface area contributed by atoms with Crippen molar-refractivity contribution >= 4 is 39.5 Å². The fourth-order valence-electron chi connectivity index (χ4n) is 10.1. The van der Waals surface area contributed by atoms with Crippen molar-refractivity contribution in [2.75, 3.05) is 39.6 Å². The van der Waals surface area contributed by atoms with Crippen LogP contribution in [0.1, 0.15) is 331 Å². The van der Waals surface area contributed by atoms with E-state index in [1.54, 1.807) is 0 Å². The van der Waals surface area contributed by atoms with Gasteiger partial charge in [-0.25, -0.2) is 9.13 Å². The third kappa shape index (κ3) is 61.7. The highest BCUT2D eigenvalue weighted by Crippen LogP contribution is 2.45. The fraction of sp³-hybridized carbons (Fsp3) is 0.887. The zero-order chi connectivity index (χ0) is 66.6. The quantitative estimate of drug-likeness (QED) is 0.0169. The first-order valence-electron chi connectivity index (χ1n) is 36.2. The van der Waals surface area contributed by atoms with Crippen LogP contribution in [-0.4, -0.2) is 96.7 Å². The molecule has 0 aromatic heterocycles. The van der Waals surface area contributed by atoms with Gasteiger partial charge in [-0.05, 0) is 69.1 Å². The van der Waals surface area contributed by atoms with Gasteiger partial charge >= 0.3 is 39.5 Å². The number of allylic oxidation sites excluding steroid dienone is 4. The maximum absolute atomic E-state index is 13.0. The van der Waals surface area contributed by atoms with Gasteiger partial charge in [0.1, 0.15) is 19.3 Å². The monoisotopic (exact) mass is 1320 g/mol. The van der Waals surface area contributed by atoms with Gasteiger partial charge in [0, 0.05) is 25.7 Å². The average Bonchev–Trinajstić information content (AvgIpc) is 2.82. The largest absolute Gasteiger partial charge is 0.472 e. The summed E-state index contributed by atoms with van der Waals surface area (Å²) in [5.41, 5.74) is 0. The summed E-state index contributed by atoms with van der Waals surface area (Å²) in [5, 5.41) is 10.6. The summed E-state index contributed by atoms with van der Waals surface area (Å²) in [7, 11) is -9.91. The van der Waals surface area contributed by atoms with Crippen molar-refractivity contribution in [3.8, 4) is 0 Å². The van der Waals surface area contributed by atoms with E-state index in [0.717, 1.165) is 127 Å². The highest BCUT2D eigenvalue weighted by atomic mass is 31.2. The minimum Gasteiger partial charge on any atom is -0.462 e. The topological polar surface area (TPSA) is 237 Å². The lowest BCUT2D eigenvalue weighted by Gasteiger charge is -2.21. The average molecular weight is 1320 g/mol. The van der Waals surface area contributed by atoms with Crippen LogP contribution >= 0.6 is 15.6 Å². The van der Waals surface area contributed by atoms with Crippen molar-refractivity contribution in [2.45, 2.75) is 349 Å². The van der Waals surface area contributed by atoms with Crippen molar-refractivity contribution in [2.24, 2.45) is 17.8 Å². The van der Waals surface area contributed by atoms with Crippen LogP contribution in [0.15, 0.2) is 24.3 Å². The number of carbonyl (C=O) groups excluding carboxylic acids is 4. The molecule has 0 saturated heterocycles. The molecule has 0 aliphatic heterocycles. The highest BCUT2D eigenvalue weighted by molar-refractivity contribution is 7.47. The van der Waals surface area contributed by atoms with E-state index in [0.29, 0.717) is 31.6 Å². The van der Waals surface area contributed by atoms with Gasteiger partial charge < -0.3 is 33.8 Å². The van der Waals surface area contributed by atoms with Crippen LogP contribution in [0.25, 0.3) is 0 Å². The predicted molar refractivity (Wildman–Crippen MR) is 363 cm³/mol. The number of unbranched alkanes of at least 4 members (excludes halogenated alkanes) is 30. The highest BCUT2D eigenvalue weighted by Gasteiger charge is 2.30. The third-order valence-corrected chi connectivity index (χ3v) is 18.4. The number of phosphoric ester groups is 2. The summed E-state index contributed by atoms with van der Waals surface area (Å²) in [4.78, 5) is 72.5. The molecule has 90 heavy (non-hydrogen) atoms. The van der Waals surface area contributed by atoms with Crippen LogP contribution in [0, 0.1) is 17.8 Å². The minimum absolute atomic E-state index is 0.0976. The van der Waals surface area contributed by atoms with Gasteiger partial charge in [-0.3, -0.25) is 37.3 Å². The zero-order valence-corrected chi connectivity index (χ0v) is 59.9. The molecule has 0 heterocycles. The number of aliphatic hydroxyl groups excluding tert-OH is 1. The van der Waals surface area contributed by atoms with Crippen molar-refractivity contribution in [1.82, 2.24) is 0 Å². The second-order valence-electron chi connectivity index (χ2n) is 25.9. The number of rotatable bonds is 67. The zero-order valence-electron chi connectivity index (χ0n) is 58.1. The van der Waals surface area contributed by atoms with Crippen molar-refractivity contribution in [3.63, 3.8) is 0 Å². The van der Waals surface area contributed by atoms with Crippen LogP contribution in [0.2, 0.25) is 0 Å². The summed E-state index contributed by atoms with van der Waals surface area (Å²) < 4.78 is 68.2. The molecule has 0 fully saturated rings. The summed E-state index contributed by atoms with van der Waals surface area (Å²) >= 11 is 0. The van der Waals surface area contributed by atoms with Gasteiger partial charge in [0.15, 0.2) is 12.2 Å². The molecule has 17 nitrogen and oxygen atoms in total. The molecule has 0 aliphatic carbocycles. The second kappa shape index (κ2) is 61.4. The van der Waals surface area contributed by atoms with Gasteiger partial charge in [0.25, 0.3) is 0 Å². The molecular formula is C71H134O17P2. The molecule has 19 heteroatoms. The molecule has 3 N–H and O–H groups in total. The van der Waals surface area contributed by atoms with Crippen molar-refractivity contribution in [3.05, 3.63) is 24.3 Å². The lowest BCUT2D eigenvalue weighted by Crippen LogP contribution is -2.30. The number of carbonyl (C=O) groups is 4. The van der Waals surface area contributed by atoms with E-state index < -0.39 is 97.5 Å². The van der Waals surface area contributed by atoms with Crippen LogP contribution in [0.3, 0.4) is 0 Å². The maximum Gasteiger partial charge on any atom is 0.472 e. The standard InChI is InChI=1S/C71H134O17P2/c1-8-11-12-13-14-15-16-17-18-19-20-24-30-38-45-52-68(73)81-58-66(88-71(76)55-48-41-32-27-26-29-37-44-51-64(7)10-3)60-85-89(77,78)83-56-65(72)57-84-90(79,80)86-61-67(59-82-69(74)53-46-39-34-33-35-42-49-62(4)5)87-70(75)54-47-40-31-25-22-21-23-28-36-43-50-63(6)9-2/h15-18,62-67,72H,8-14,19-61H2,1-7H3,(H,77,78)(H,79,80)/b16-15-,18-17-/t63?,64?,65-,66-,67-/m1/s1. The molecule has 0 spiro atoms. The Labute approximate surface area is 548 Å². The van der Waals surface area contributed by atoms with Crippen LogP contribution < -0.4 is 0 Å². The molecule has 0 rings (SSSR count). The molecule has 530 valence electrons. The Morgan fingerprint density at radius 3 is 0.989 bits per heavy atom. The van der Waals surface area contributed by atoms with E-state index in [-0.39, 0.29) is 25.7 Å². The number of esters is 4. The molecule has 4 unspecified atom stereocenters. The first-order valence-corrected chi connectivity index (χ1v) is 39.2. The maximum atomic E-state index is 13.0. The number of ether oxygens (including phenoxy) is 4. The Morgan fingerprint density at radius 1 is 0.367 bits per heavy atom. The third-order valence-electron chi connectivity index (χ3n) is 16.5. The lowest BCUT2D eigenvalue weighted by molar-refractivity contribution is -0.161. The SMILES string of the molecule is CCCCCC/C=C\C=C/CCCCCCCC(=O)OC[C@H](COP(=O)(O)OC[C@@H](O)COP(=O)(O)OC[C@@H](COC(=O)CCCCCCCCC(C)C)OC(=O)CCCCCCCCCCCCC(C)CC)OC(=O)CCCCCCCCCCC(C)CC. The molecule has 0 radical (unpaired) electrons. The van der Waals surface area contributed by atoms with Gasteiger partial charge in [0.05, 0.1) is 26.4 Å². The molecule has 0 amide bonds. The second-order valence-corrected chi connectivity index (χ2v) is 28.8. The van der Waals surface area contributed by atoms with E-state index in [2.05, 4.69) is 72.8 Å². The van der Waals surface area contributed by atoms with E-state index >= 15 is 0 Å². The van der Waals surface area contributed by atoms with Gasteiger partial charge in [-0.2, -0.15) is 0 Å². The van der Waals surface area contributed by atoms with E-state index in [9.17, 15) is 43.2 Å². The van der Waals surface area contributed by atoms with E-state index in [1.165, 1.54) is 116 Å². The minimum atomic E-state index is -4.96. The lowest BCUT2D eigenvalue weighted by atomic mass is 9.99. The number of aliphatic hydroxyl groups is 1. The number of phosphoric acid groups is 2. The van der Waals surface area contributed by atoms with Gasteiger partial charge in [0.2, 0.25) is 0 Å². The Balaban J connectivity index is 5.28. The van der Waals surface area contributed by atoms with Crippen LogP contribution in [-0.2, 0) is 65.4 Å². The smallest absolute Gasteiger partial charge is 0.462 e. The Bertz CT molecular complexity index is 1860. The normalized spacial score (nSPS) is 15.0. The van der Waals surface area contributed by atoms with E-state index in [1.807, 2.05) is 0 Å². The molecule has 7 atom stereocenters. The van der Waals surface area contributed by atoms with Gasteiger partial charge in [-0.1, -0.05) is 278 Å². The fourth-order valence-corrected chi connectivity index (χ4v) is 11.7. The first kappa shape index (κ1) is 87.5. The Morgan fingerprint density at radius 2 is 0.656 bits per heavy atom. The first-order chi connectivity index (χ1) is 43.3. The molecule has 0 bridgehead atoms. The van der Waals surface area contributed by atoms with Crippen molar-refractivity contribution in [1.29, 1.82) is 0 Å². The van der Waals surface area contributed by atoms with Crippen molar-refractivity contribution < 1.29 is 80.2 Å². The van der Waals surface area contributed by atoms with Crippen LogP contribution in [0.5, 0.6) is 0 Å². The molecule has 0 aliphatic rings. The molecular weight excluding hydrogens is 1190 g/mol. The Hall–Kier alpha value is -2.46. The molecule has 0 saturated carbocycles. The number of hydrogen-bond acceptors (Lipinski definition) is 15.